The van der Waals surface area contributed by atoms with Gasteiger partial charge in [-0.05, 0) is 33.3 Å². The topological polar surface area (TPSA) is 51.0 Å². The first kappa shape index (κ1) is 20.2. The predicted octanol–water partition coefficient (Wildman–Crippen LogP) is 4.18. The number of aryl methyl sites for hydroxylation is 1. The van der Waals surface area contributed by atoms with E-state index in [2.05, 4.69) is 53.4 Å². The number of nitrogens with zero attached hydrogens (tertiary/aromatic N) is 4. The van der Waals surface area contributed by atoms with Crippen LogP contribution in [-0.2, 0) is 11.3 Å². The third kappa shape index (κ3) is 5.21. The van der Waals surface area contributed by atoms with E-state index in [-0.39, 0.29) is 5.91 Å². The van der Waals surface area contributed by atoms with Crippen LogP contribution in [0.3, 0.4) is 0 Å². The van der Waals surface area contributed by atoms with Crippen molar-refractivity contribution in [3.8, 4) is 11.4 Å². The van der Waals surface area contributed by atoms with Crippen molar-refractivity contribution < 1.29 is 4.79 Å². The second kappa shape index (κ2) is 9.57. The molecule has 2 aromatic rings. The highest BCUT2D eigenvalue weighted by atomic mass is 32.2. The number of amides is 1. The van der Waals surface area contributed by atoms with Gasteiger partial charge < -0.3 is 9.47 Å². The van der Waals surface area contributed by atoms with Crippen LogP contribution in [0.2, 0.25) is 0 Å². The molecule has 0 aliphatic rings. The van der Waals surface area contributed by atoms with Gasteiger partial charge in [-0.1, -0.05) is 54.6 Å². The van der Waals surface area contributed by atoms with Gasteiger partial charge in [-0.25, -0.2) is 0 Å². The Bertz CT molecular complexity index is 769. The maximum atomic E-state index is 12.5. The molecule has 0 spiro atoms. The van der Waals surface area contributed by atoms with Crippen molar-refractivity contribution >= 4 is 17.7 Å². The van der Waals surface area contributed by atoms with Crippen molar-refractivity contribution in [1.29, 1.82) is 0 Å². The molecule has 0 N–H and O–H groups in total. The predicted molar refractivity (Wildman–Crippen MR) is 108 cm³/mol. The minimum Gasteiger partial charge on any atom is -0.338 e. The van der Waals surface area contributed by atoms with Gasteiger partial charge in [-0.15, -0.1) is 10.2 Å². The van der Waals surface area contributed by atoms with E-state index in [1.807, 2.05) is 24.8 Å². The van der Waals surface area contributed by atoms with Crippen LogP contribution in [0.5, 0.6) is 0 Å². The van der Waals surface area contributed by atoms with Crippen LogP contribution in [0.1, 0.15) is 32.8 Å². The fourth-order valence-corrected chi connectivity index (χ4v) is 3.61. The number of hydrogen-bond acceptors (Lipinski definition) is 4. The van der Waals surface area contributed by atoms with Crippen LogP contribution >= 0.6 is 11.8 Å². The molecule has 140 valence electrons. The van der Waals surface area contributed by atoms with Gasteiger partial charge >= 0.3 is 0 Å². The zero-order valence-electron chi connectivity index (χ0n) is 16.2. The Morgan fingerprint density at radius 2 is 2.08 bits per heavy atom. The first-order valence-electron chi connectivity index (χ1n) is 9.01. The molecule has 0 unspecified atom stereocenters. The standard InChI is InChI=1S/C20H28N4OS/c1-6-11-24-19(17-10-8-9-16(5)12-17)21-22-20(24)26-14-18(25)23(7-2)13-15(3)4/h8-10,12H,3,6-7,11,13-14H2,1-2,4-5H3. The number of thioether (sulfide) groups is 1. The van der Waals surface area contributed by atoms with Gasteiger partial charge in [-0.2, -0.15) is 0 Å². The third-order valence-electron chi connectivity index (χ3n) is 3.96. The molecule has 0 saturated carbocycles. The number of carbonyl (C=O) groups excluding carboxylic acids is 1. The molecule has 26 heavy (non-hydrogen) atoms. The average molecular weight is 373 g/mol. The average Bonchev–Trinajstić information content (AvgIpc) is 3.00. The highest BCUT2D eigenvalue weighted by molar-refractivity contribution is 7.99. The summed E-state index contributed by atoms with van der Waals surface area (Å²) in [5.41, 5.74) is 3.24. The molecule has 1 aromatic carbocycles. The van der Waals surface area contributed by atoms with E-state index in [1.165, 1.54) is 17.3 Å². The van der Waals surface area contributed by atoms with Crippen molar-refractivity contribution in [1.82, 2.24) is 19.7 Å². The molecule has 2 rings (SSSR count). The molecule has 1 heterocycles. The maximum absolute atomic E-state index is 12.5. The van der Waals surface area contributed by atoms with Crippen molar-refractivity contribution in [2.24, 2.45) is 0 Å². The largest absolute Gasteiger partial charge is 0.338 e. The summed E-state index contributed by atoms with van der Waals surface area (Å²) in [5.74, 6) is 1.32. The minimum atomic E-state index is 0.101. The monoisotopic (exact) mass is 372 g/mol. The molecule has 0 fully saturated rings. The SMILES string of the molecule is C=C(C)CN(CC)C(=O)CSc1nnc(-c2cccc(C)c2)n1CCC. The molecule has 6 heteroatoms. The number of carbonyl (C=O) groups is 1. The van der Waals surface area contributed by atoms with E-state index in [0.29, 0.717) is 18.8 Å². The summed E-state index contributed by atoms with van der Waals surface area (Å²) in [6.07, 6.45) is 0.981. The summed E-state index contributed by atoms with van der Waals surface area (Å²) in [5, 5.41) is 9.53. The van der Waals surface area contributed by atoms with Crippen LogP contribution in [0.4, 0.5) is 0 Å². The van der Waals surface area contributed by atoms with Gasteiger partial charge in [0, 0.05) is 25.2 Å². The Morgan fingerprint density at radius 1 is 1.31 bits per heavy atom. The van der Waals surface area contributed by atoms with Gasteiger partial charge in [0.05, 0.1) is 5.75 Å². The molecule has 0 aliphatic carbocycles. The highest BCUT2D eigenvalue weighted by Gasteiger charge is 2.17. The smallest absolute Gasteiger partial charge is 0.233 e. The molecule has 0 aliphatic heterocycles. The van der Waals surface area contributed by atoms with Gasteiger partial charge in [0.1, 0.15) is 0 Å². The van der Waals surface area contributed by atoms with Crippen LogP contribution < -0.4 is 0 Å². The molecule has 0 saturated heterocycles. The fraction of sp³-hybridized carbons (Fsp3) is 0.450. The van der Waals surface area contributed by atoms with E-state index >= 15 is 0 Å². The van der Waals surface area contributed by atoms with E-state index in [4.69, 9.17) is 0 Å². The number of likely N-dealkylation sites (N-methyl/N-ethyl adjacent to an activating group) is 1. The lowest BCUT2D eigenvalue weighted by Crippen LogP contribution is -2.33. The third-order valence-corrected chi connectivity index (χ3v) is 4.91. The van der Waals surface area contributed by atoms with Crippen LogP contribution in [0, 0.1) is 6.92 Å². The molecular formula is C20H28N4OS. The summed E-state index contributed by atoms with van der Waals surface area (Å²) in [6.45, 7) is 14.1. The van der Waals surface area contributed by atoms with Crippen LogP contribution in [0.25, 0.3) is 11.4 Å². The Hall–Kier alpha value is -2.08. The van der Waals surface area contributed by atoms with Gasteiger partial charge in [-0.3, -0.25) is 4.79 Å². The molecule has 0 radical (unpaired) electrons. The van der Waals surface area contributed by atoms with Gasteiger partial charge in [0.25, 0.3) is 0 Å². The lowest BCUT2D eigenvalue weighted by atomic mass is 10.1. The van der Waals surface area contributed by atoms with E-state index in [0.717, 1.165) is 35.1 Å². The van der Waals surface area contributed by atoms with Crippen LogP contribution in [0.15, 0.2) is 41.6 Å². The van der Waals surface area contributed by atoms with E-state index in [1.54, 1.807) is 0 Å². The fourth-order valence-electron chi connectivity index (χ4n) is 2.74. The summed E-state index contributed by atoms with van der Waals surface area (Å²) < 4.78 is 2.11. The Labute approximate surface area is 160 Å². The number of hydrogen-bond donors (Lipinski definition) is 0. The quantitative estimate of drug-likeness (QED) is 0.489. The lowest BCUT2D eigenvalue weighted by Gasteiger charge is -2.20. The number of aromatic nitrogens is 3. The van der Waals surface area contributed by atoms with Crippen molar-refractivity contribution in [2.45, 2.75) is 45.8 Å². The Morgan fingerprint density at radius 3 is 2.69 bits per heavy atom. The van der Waals surface area contributed by atoms with Crippen LogP contribution in [-0.4, -0.2) is 44.4 Å². The molecule has 1 amide bonds. The summed E-state index contributed by atoms with van der Waals surface area (Å²) in [7, 11) is 0. The second-order valence-corrected chi connectivity index (χ2v) is 7.42. The first-order chi connectivity index (χ1) is 12.5. The molecule has 0 atom stereocenters. The van der Waals surface area contributed by atoms with E-state index < -0.39 is 0 Å². The summed E-state index contributed by atoms with van der Waals surface area (Å²) >= 11 is 1.45. The van der Waals surface area contributed by atoms with E-state index in [9.17, 15) is 4.79 Å². The normalized spacial score (nSPS) is 10.8. The Kier molecular flexibility index (Phi) is 7.45. The first-order valence-corrected chi connectivity index (χ1v) is 10.00. The number of benzene rings is 1. The Balaban J connectivity index is 2.17. The van der Waals surface area contributed by atoms with Crippen molar-refractivity contribution in [3.05, 3.63) is 42.0 Å². The lowest BCUT2D eigenvalue weighted by molar-refractivity contribution is -0.127. The molecule has 0 bridgehead atoms. The molecule has 5 nitrogen and oxygen atoms in total. The zero-order valence-corrected chi connectivity index (χ0v) is 17.0. The van der Waals surface area contributed by atoms with Gasteiger partial charge in [0.2, 0.25) is 5.91 Å². The molecule has 1 aromatic heterocycles. The van der Waals surface area contributed by atoms with Crippen molar-refractivity contribution in [2.75, 3.05) is 18.8 Å². The zero-order chi connectivity index (χ0) is 19.1. The summed E-state index contributed by atoms with van der Waals surface area (Å²) in [6, 6.07) is 8.26. The number of rotatable bonds is 9. The highest BCUT2D eigenvalue weighted by Crippen LogP contribution is 2.25. The summed E-state index contributed by atoms with van der Waals surface area (Å²) in [4.78, 5) is 14.3. The van der Waals surface area contributed by atoms with Gasteiger partial charge in [0.15, 0.2) is 11.0 Å². The minimum absolute atomic E-state index is 0.101. The maximum Gasteiger partial charge on any atom is 0.233 e. The molecular weight excluding hydrogens is 344 g/mol. The van der Waals surface area contributed by atoms with Crippen molar-refractivity contribution in [3.63, 3.8) is 0 Å². The second-order valence-electron chi connectivity index (χ2n) is 6.48.